The number of hydrogen-bond donors (Lipinski definition) is 4. The second kappa shape index (κ2) is 24.8. The molecule has 0 radical (unpaired) electrons. The molecule has 5 fully saturated rings. The van der Waals surface area contributed by atoms with E-state index in [0.717, 1.165) is 28.4 Å². The van der Waals surface area contributed by atoms with Gasteiger partial charge in [-0.15, -0.1) is 11.3 Å². The van der Waals surface area contributed by atoms with Crippen molar-refractivity contribution in [3.05, 3.63) is 35.2 Å². The number of likely N-dealkylation sites (N-methyl/N-ethyl adjacent to an activating group) is 1. The monoisotopic (exact) mass is 1030 g/mol. The van der Waals surface area contributed by atoms with Gasteiger partial charge in [0.1, 0.15) is 35.4 Å². The predicted octanol–water partition coefficient (Wildman–Crippen LogP) is 6.02. The molecular formula is C53H87N5O13S. The lowest BCUT2D eigenvalue weighted by atomic mass is 9.78. The molecule has 2 aromatic rings. The SMILES string of the molecule is CCCN1C[C@H](C)[C@@H]2OC/C(=N\OCc3ccc(-c4cccc(N)n4)s3)CO[C@](C)(C[C@H]1C)[C@H](O[C@@H]1O[C@H](C)C[C@H](N(C)C)[C@H]1O)[C@@H](C)[C@H](O[C@H]1C[C@@](C)(OC)[C@@H](O)[C@H](C)O1)[C@@H](C)C(=O)O[C@H](CC)[C@@]2(C)O. The van der Waals surface area contributed by atoms with Crippen molar-refractivity contribution in [2.45, 2.75) is 205 Å². The van der Waals surface area contributed by atoms with Gasteiger partial charge in [-0.1, -0.05) is 38.9 Å². The van der Waals surface area contributed by atoms with E-state index in [1.807, 2.05) is 77.9 Å². The number of pyridine rings is 1. The Morgan fingerprint density at radius 2 is 1.74 bits per heavy atom. The van der Waals surface area contributed by atoms with E-state index >= 15 is 0 Å². The number of carbonyl (C=O) groups is 1. The van der Waals surface area contributed by atoms with Crippen LogP contribution in [0, 0.1) is 17.8 Å². The summed E-state index contributed by atoms with van der Waals surface area (Å²) in [6, 6.07) is 9.03. The lowest BCUT2D eigenvalue weighted by Gasteiger charge is -2.50. The summed E-state index contributed by atoms with van der Waals surface area (Å²) >= 11 is 1.52. The van der Waals surface area contributed by atoms with Crippen LogP contribution in [0.5, 0.6) is 0 Å². The Balaban J connectivity index is 1.50. The van der Waals surface area contributed by atoms with Crippen molar-refractivity contribution >= 4 is 28.8 Å². The Morgan fingerprint density at radius 1 is 1.00 bits per heavy atom. The van der Waals surface area contributed by atoms with Crippen LogP contribution < -0.4 is 5.73 Å². The highest BCUT2D eigenvalue weighted by Crippen LogP contribution is 2.42. The second-order valence-electron chi connectivity index (χ2n) is 21.9. The number of oxime groups is 1. The van der Waals surface area contributed by atoms with Crippen LogP contribution in [0.2, 0.25) is 0 Å². The number of thiophene rings is 1. The van der Waals surface area contributed by atoms with Crippen molar-refractivity contribution in [2.24, 2.45) is 22.9 Å². The number of aromatic nitrogens is 1. The van der Waals surface area contributed by atoms with Crippen LogP contribution in [0.1, 0.15) is 113 Å². The Hall–Kier alpha value is -2.89. The Morgan fingerprint density at radius 3 is 2.40 bits per heavy atom. The summed E-state index contributed by atoms with van der Waals surface area (Å²) in [7, 11) is 5.39. The number of aliphatic hydroxyl groups is 3. The normalized spacial score (nSPS) is 40.7. The number of fused-ring (bicyclic) bond motifs is 15. The minimum absolute atomic E-state index is 0.0818. The first-order valence-electron chi connectivity index (χ1n) is 26.1. The zero-order chi connectivity index (χ0) is 52.9. The number of nitrogen functional groups attached to an aromatic ring is 1. The summed E-state index contributed by atoms with van der Waals surface area (Å²) < 4.78 is 53.7. The first-order chi connectivity index (χ1) is 33.9. The molecule has 18 nitrogen and oxygen atoms in total. The smallest absolute Gasteiger partial charge is 0.311 e. The molecule has 408 valence electrons. The molecule has 5 aliphatic heterocycles. The van der Waals surface area contributed by atoms with Gasteiger partial charge in [0.05, 0.1) is 71.4 Å². The Kier molecular flexibility index (Phi) is 20.1. The molecule has 5 aliphatic rings. The van der Waals surface area contributed by atoms with Crippen molar-refractivity contribution < 1.29 is 62.8 Å². The molecule has 18 atom stereocenters. The number of anilines is 1. The number of rotatable bonds is 13. The van der Waals surface area contributed by atoms with E-state index in [0.29, 0.717) is 30.9 Å². The highest BCUT2D eigenvalue weighted by molar-refractivity contribution is 7.15. The summed E-state index contributed by atoms with van der Waals surface area (Å²) in [6.07, 6.45) is -6.59. The van der Waals surface area contributed by atoms with Crippen LogP contribution in [0.25, 0.3) is 10.6 Å². The molecule has 0 aliphatic carbocycles. The lowest BCUT2D eigenvalue weighted by molar-refractivity contribution is -0.320. The van der Waals surface area contributed by atoms with Crippen molar-refractivity contribution in [3.63, 3.8) is 0 Å². The maximum atomic E-state index is 14.9. The third-order valence-corrected chi connectivity index (χ3v) is 16.7. The maximum Gasteiger partial charge on any atom is 0.311 e. The van der Waals surface area contributed by atoms with Crippen LogP contribution in [-0.4, -0.2) is 180 Å². The number of carbonyl (C=O) groups excluding carboxylic acids is 1. The molecule has 2 aromatic heterocycles. The number of aliphatic hydroxyl groups excluding tert-OH is 2. The first-order valence-corrected chi connectivity index (χ1v) is 26.9. The number of nitrogens with two attached hydrogens (primary N) is 1. The predicted molar refractivity (Wildman–Crippen MR) is 275 cm³/mol. The van der Waals surface area contributed by atoms with Gasteiger partial charge in [0.2, 0.25) is 0 Å². The molecule has 72 heavy (non-hydrogen) atoms. The largest absolute Gasteiger partial charge is 0.459 e. The average molecular weight is 1030 g/mol. The van der Waals surface area contributed by atoms with Gasteiger partial charge in [-0.3, -0.25) is 4.79 Å². The summed E-state index contributed by atoms with van der Waals surface area (Å²) in [6.45, 7) is 22.4. The number of esters is 1. The maximum absolute atomic E-state index is 14.9. The van der Waals surface area contributed by atoms with Crippen LogP contribution in [0.4, 0.5) is 5.82 Å². The van der Waals surface area contributed by atoms with Gasteiger partial charge >= 0.3 is 5.97 Å². The van der Waals surface area contributed by atoms with E-state index in [9.17, 15) is 20.1 Å². The summed E-state index contributed by atoms with van der Waals surface area (Å²) in [5, 5.41) is 40.9. The highest BCUT2D eigenvalue weighted by atomic mass is 32.1. The van der Waals surface area contributed by atoms with Gasteiger partial charge in [-0.05, 0) is 125 Å². The van der Waals surface area contributed by atoms with Gasteiger partial charge < -0.3 is 73.6 Å². The van der Waals surface area contributed by atoms with Crippen LogP contribution in [0.3, 0.4) is 0 Å². The van der Waals surface area contributed by atoms with Crippen molar-refractivity contribution in [2.75, 3.05) is 53.2 Å². The molecule has 0 aromatic carbocycles. The van der Waals surface area contributed by atoms with E-state index in [1.165, 1.54) is 11.3 Å². The fraction of sp³-hybridized carbons (Fsp3) is 0.792. The summed E-state index contributed by atoms with van der Waals surface area (Å²) in [4.78, 5) is 31.7. The molecule has 0 amide bonds. The van der Waals surface area contributed by atoms with Crippen molar-refractivity contribution in [1.29, 1.82) is 0 Å². The quantitative estimate of drug-likeness (QED) is 0.133. The van der Waals surface area contributed by atoms with Crippen LogP contribution in [0.15, 0.2) is 35.5 Å². The number of nitrogens with zero attached hydrogens (tertiary/aromatic N) is 4. The van der Waals surface area contributed by atoms with E-state index in [4.69, 9.17) is 48.5 Å². The minimum Gasteiger partial charge on any atom is -0.459 e. The average Bonchev–Trinajstić information content (AvgIpc) is 3.80. The molecule has 5 N–H and O–H groups in total. The number of ether oxygens (including phenoxy) is 8. The molecule has 0 spiro atoms. The minimum atomic E-state index is -1.70. The number of methoxy groups -OCH3 is 1. The third kappa shape index (κ3) is 13.6. The topological polar surface area (TPSA) is 219 Å². The van der Waals surface area contributed by atoms with E-state index in [2.05, 4.69) is 35.8 Å². The molecular weight excluding hydrogens is 947 g/mol. The first kappa shape index (κ1) is 58.4. The molecule has 0 saturated carbocycles. The molecule has 2 bridgehead atoms. The Labute approximate surface area is 432 Å². The highest BCUT2D eigenvalue weighted by Gasteiger charge is 2.54. The van der Waals surface area contributed by atoms with E-state index in [1.54, 1.807) is 33.9 Å². The van der Waals surface area contributed by atoms with Gasteiger partial charge in [0.15, 0.2) is 19.2 Å². The van der Waals surface area contributed by atoms with Crippen LogP contribution >= 0.6 is 11.3 Å². The molecule has 19 heteroatoms. The molecule has 0 unspecified atom stereocenters. The van der Waals surface area contributed by atoms with Gasteiger partial charge in [-0.2, -0.15) is 0 Å². The van der Waals surface area contributed by atoms with E-state index in [-0.39, 0.29) is 56.8 Å². The summed E-state index contributed by atoms with van der Waals surface area (Å²) in [5.41, 5.74) is 3.20. The third-order valence-electron chi connectivity index (χ3n) is 15.6. The lowest BCUT2D eigenvalue weighted by Crippen LogP contribution is -2.61. The zero-order valence-corrected chi connectivity index (χ0v) is 46.1. The van der Waals surface area contributed by atoms with Crippen molar-refractivity contribution in [3.8, 4) is 10.6 Å². The van der Waals surface area contributed by atoms with E-state index < -0.39 is 89.9 Å². The standard InChI is InChI=1S/C53H87N5O13S/c1-15-22-58-26-30(3)47-53(11,62)41(16-2)69-49(61)34(7)45(70-43-25-51(9,63-14)46(60)35(8)68-43)33(6)48(71-50-44(59)39(57(12)13)23-32(5)67-50)52(10,24-31(58)4)65-28-36(27-64-47)56-66-29-37-20-21-40(72-37)38-18-17-19-42(54)55-38/h17-21,30-35,39,41,43-48,50,59-60,62H,15-16,22-29H2,1-14H3,(H2,54,55)/b56-36+/t30-,31+,32+,33-,34+,35-,39-,41+,43-,44+,45-,46-,47-,48+,50-,51+,52+,53+/m0/s1. The fourth-order valence-electron chi connectivity index (χ4n) is 11.5. The number of hydrogen-bond acceptors (Lipinski definition) is 19. The zero-order valence-electron chi connectivity index (χ0n) is 45.3. The second-order valence-corrected chi connectivity index (χ2v) is 23.0. The van der Waals surface area contributed by atoms with Gasteiger partial charge in [0.25, 0.3) is 0 Å². The molecule has 7 heterocycles. The van der Waals surface area contributed by atoms with Crippen LogP contribution in [-0.2, 0) is 54.1 Å². The molecule has 7 rings (SSSR count). The summed E-state index contributed by atoms with van der Waals surface area (Å²) in [5.74, 6) is -2.15. The fourth-order valence-corrected chi connectivity index (χ4v) is 12.4. The van der Waals surface area contributed by atoms with Gasteiger partial charge in [0, 0.05) is 43.0 Å². The molecule has 5 saturated heterocycles. The Bertz CT molecular complexity index is 2080. The van der Waals surface area contributed by atoms with Gasteiger partial charge in [-0.25, -0.2) is 4.98 Å². The van der Waals surface area contributed by atoms with Crippen molar-refractivity contribution in [1.82, 2.24) is 14.8 Å².